The molecule has 0 fully saturated rings. The van der Waals surface area contributed by atoms with Crippen LogP contribution in [0, 0.1) is 11.6 Å². The van der Waals surface area contributed by atoms with Crippen LogP contribution in [0.2, 0.25) is 0 Å². The summed E-state index contributed by atoms with van der Waals surface area (Å²) < 4.78 is 50.8. The summed E-state index contributed by atoms with van der Waals surface area (Å²) in [5.41, 5.74) is 5.22. The highest BCUT2D eigenvalue weighted by atomic mass is 32.2. The molecule has 2 rings (SSSR count). The molecule has 0 bridgehead atoms. The van der Waals surface area contributed by atoms with Crippen molar-refractivity contribution in [2.45, 2.75) is 10.6 Å². The minimum atomic E-state index is -3.81. The lowest BCUT2D eigenvalue weighted by Gasteiger charge is -2.07. The van der Waals surface area contributed by atoms with Gasteiger partial charge in [-0.1, -0.05) is 18.2 Å². The van der Waals surface area contributed by atoms with E-state index >= 15 is 0 Å². The molecule has 0 radical (unpaired) electrons. The largest absolute Gasteiger partial charge is 0.396 e. The molecule has 0 heterocycles. The van der Waals surface area contributed by atoms with Crippen molar-refractivity contribution in [1.29, 1.82) is 0 Å². The van der Waals surface area contributed by atoms with Crippen molar-refractivity contribution in [2.24, 2.45) is 0 Å². The summed E-state index contributed by atoms with van der Waals surface area (Å²) in [6.07, 6.45) is 0. The Balaban J connectivity index is 2.39. The van der Waals surface area contributed by atoms with Gasteiger partial charge in [0.1, 0.15) is 11.6 Å². The van der Waals surface area contributed by atoms with Gasteiger partial charge in [-0.05, 0) is 24.3 Å². The van der Waals surface area contributed by atoms with Crippen LogP contribution in [-0.4, -0.2) is 8.42 Å². The molecular formula is C13H11F2NO2S. The molecule has 0 aromatic heterocycles. The Bertz CT molecular complexity index is 714. The molecule has 0 unspecified atom stereocenters. The molecule has 6 heteroatoms. The normalized spacial score (nSPS) is 11.5. The fraction of sp³-hybridized carbons (Fsp3) is 0.0769. The fourth-order valence-electron chi connectivity index (χ4n) is 1.66. The topological polar surface area (TPSA) is 60.2 Å². The van der Waals surface area contributed by atoms with Crippen LogP contribution in [0.3, 0.4) is 0 Å². The molecule has 0 aliphatic carbocycles. The maximum absolute atomic E-state index is 13.7. The first-order valence-corrected chi connectivity index (χ1v) is 7.06. The van der Waals surface area contributed by atoms with Crippen LogP contribution in [0.15, 0.2) is 47.4 Å². The first kappa shape index (κ1) is 13.5. The summed E-state index contributed by atoms with van der Waals surface area (Å²) in [5.74, 6) is -1.98. The minimum Gasteiger partial charge on any atom is -0.396 e. The predicted molar refractivity (Wildman–Crippen MR) is 68.1 cm³/mol. The van der Waals surface area contributed by atoms with Crippen molar-refractivity contribution in [1.82, 2.24) is 0 Å². The molecule has 0 saturated carbocycles. The van der Waals surface area contributed by atoms with E-state index in [0.717, 1.165) is 12.1 Å². The van der Waals surface area contributed by atoms with Crippen LogP contribution in [0.1, 0.15) is 5.56 Å². The van der Waals surface area contributed by atoms with Gasteiger partial charge in [-0.2, -0.15) is 0 Å². The summed E-state index contributed by atoms with van der Waals surface area (Å²) in [7, 11) is -3.81. The number of nitrogen functional groups attached to an aromatic ring is 1. The van der Waals surface area contributed by atoms with Gasteiger partial charge in [0, 0.05) is 5.56 Å². The molecule has 0 spiro atoms. The van der Waals surface area contributed by atoms with Crippen LogP contribution in [0.4, 0.5) is 14.5 Å². The zero-order valence-electron chi connectivity index (χ0n) is 9.81. The third-order valence-corrected chi connectivity index (χ3v) is 4.27. The molecule has 3 nitrogen and oxygen atoms in total. The Morgan fingerprint density at radius 2 is 1.74 bits per heavy atom. The lowest BCUT2D eigenvalue weighted by atomic mass is 10.2. The van der Waals surface area contributed by atoms with Gasteiger partial charge in [0.05, 0.1) is 16.3 Å². The van der Waals surface area contributed by atoms with Gasteiger partial charge in [-0.25, -0.2) is 17.2 Å². The zero-order chi connectivity index (χ0) is 14.0. The molecule has 0 saturated heterocycles. The number of benzene rings is 2. The Labute approximate surface area is 109 Å². The van der Waals surface area contributed by atoms with Crippen molar-refractivity contribution < 1.29 is 17.2 Å². The molecule has 0 aliphatic rings. The van der Waals surface area contributed by atoms with Crippen LogP contribution in [-0.2, 0) is 15.6 Å². The lowest BCUT2D eigenvalue weighted by molar-refractivity contribution is 0.584. The number of nitrogens with two attached hydrogens (primary N) is 1. The Kier molecular flexibility index (Phi) is 3.53. The number of halogens is 2. The van der Waals surface area contributed by atoms with E-state index in [1.165, 1.54) is 30.3 Å². The van der Waals surface area contributed by atoms with Crippen molar-refractivity contribution in [3.8, 4) is 0 Å². The average molecular weight is 283 g/mol. The Hall–Kier alpha value is -1.95. The molecule has 0 aliphatic heterocycles. The standard InChI is InChI=1S/C13H11F2NO2S/c14-10-4-2-5-11(7-10)19(17,18)8-9-3-1-6-12(16)13(9)15/h1-7H,8,16H2. The number of hydrogen-bond donors (Lipinski definition) is 1. The van der Waals surface area contributed by atoms with Gasteiger partial charge < -0.3 is 5.73 Å². The van der Waals surface area contributed by atoms with Gasteiger partial charge in [0.25, 0.3) is 0 Å². The maximum atomic E-state index is 13.7. The smallest absolute Gasteiger partial charge is 0.182 e. The number of sulfone groups is 1. The van der Waals surface area contributed by atoms with Crippen LogP contribution in [0.5, 0.6) is 0 Å². The van der Waals surface area contributed by atoms with Gasteiger partial charge in [-0.15, -0.1) is 0 Å². The van der Waals surface area contributed by atoms with Crippen LogP contribution >= 0.6 is 0 Å². The van der Waals surface area contributed by atoms with Gasteiger partial charge in [0.2, 0.25) is 0 Å². The SMILES string of the molecule is Nc1cccc(CS(=O)(=O)c2cccc(F)c2)c1F. The summed E-state index contributed by atoms with van der Waals surface area (Å²) in [6, 6.07) is 8.74. The third kappa shape index (κ3) is 2.90. The monoisotopic (exact) mass is 283 g/mol. The van der Waals surface area contributed by atoms with Crippen molar-refractivity contribution in [2.75, 3.05) is 5.73 Å². The average Bonchev–Trinajstić information content (AvgIpc) is 2.35. The van der Waals surface area contributed by atoms with Crippen molar-refractivity contribution in [3.63, 3.8) is 0 Å². The van der Waals surface area contributed by atoms with E-state index in [9.17, 15) is 17.2 Å². The highest BCUT2D eigenvalue weighted by Gasteiger charge is 2.18. The second kappa shape index (κ2) is 4.97. The van der Waals surface area contributed by atoms with Crippen molar-refractivity contribution in [3.05, 3.63) is 59.7 Å². The summed E-state index contributed by atoms with van der Waals surface area (Å²) in [6.45, 7) is 0. The molecule has 0 amide bonds. The molecule has 2 N–H and O–H groups in total. The quantitative estimate of drug-likeness (QED) is 0.880. The third-order valence-electron chi connectivity index (χ3n) is 2.61. The summed E-state index contributed by atoms with van der Waals surface area (Å²) >= 11 is 0. The number of anilines is 1. The van der Waals surface area contributed by atoms with E-state index in [-0.39, 0.29) is 16.1 Å². The zero-order valence-corrected chi connectivity index (χ0v) is 10.6. The molecule has 19 heavy (non-hydrogen) atoms. The molecular weight excluding hydrogens is 272 g/mol. The predicted octanol–water partition coefficient (Wildman–Crippen LogP) is 2.52. The van der Waals surface area contributed by atoms with E-state index in [1.807, 2.05) is 0 Å². The Morgan fingerprint density at radius 1 is 1.05 bits per heavy atom. The van der Waals surface area contributed by atoms with E-state index in [2.05, 4.69) is 0 Å². The van der Waals surface area contributed by atoms with Gasteiger partial charge >= 0.3 is 0 Å². The maximum Gasteiger partial charge on any atom is 0.182 e. The lowest BCUT2D eigenvalue weighted by Crippen LogP contribution is -2.08. The molecule has 100 valence electrons. The first-order valence-electron chi connectivity index (χ1n) is 5.41. The summed E-state index contributed by atoms with van der Waals surface area (Å²) in [4.78, 5) is -0.186. The molecule has 0 atom stereocenters. The summed E-state index contributed by atoms with van der Waals surface area (Å²) in [5, 5.41) is 0. The van der Waals surface area contributed by atoms with Crippen LogP contribution in [0.25, 0.3) is 0 Å². The van der Waals surface area contributed by atoms with Crippen molar-refractivity contribution >= 4 is 15.5 Å². The molecule has 2 aromatic carbocycles. The second-order valence-electron chi connectivity index (χ2n) is 4.04. The van der Waals surface area contributed by atoms with Gasteiger partial charge in [-0.3, -0.25) is 0 Å². The van der Waals surface area contributed by atoms with E-state index in [0.29, 0.717) is 0 Å². The fourth-order valence-corrected chi connectivity index (χ4v) is 3.04. The van der Waals surface area contributed by atoms with E-state index in [1.54, 1.807) is 0 Å². The highest BCUT2D eigenvalue weighted by molar-refractivity contribution is 7.90. The van der Waals surface area contributed by atoms with E-state index in [4.69, 9.17) is 5.73 Å². The molecule has 2 aromatic rings. The second-order valence-corrected chi connectivity index (χ2v) is 6.03. The number of rotatable bonds is 3. The number of hydrogen-bond acceptors (Lipinski definition) is 3. The first-order chi connectivity index (χ1) is 8.90. The van der Waals surface area contributed by atoms with E-state index < -0.39 is 27.2 Å². The highest BCUT2D eigenvalue weighted by Crippen LogP contribution is 2.21. The van der Waals surface area contributed by atoms with Gasteiger partial charge in [0.15, 0.2) is 9.84 Å². The van der Waals surface area contributed by atoms with Crippen LogP contribution < -0.4 is 5.73 Å². The Morgan fingerprint density at radius 3 is 2.42 bits per heavy atom. The minimum absolute atomic E-state index is 0.0377.